The first kappa shape index (κ1) is 19.5. The molecule has 8 nitrogen and oxygen atoms in total. The second kappa shape index (κ2) is 8.33. The Morgan fingerprint density at radius 1 is 0.935 bits per heavy atom. The summed E-state index contributed by atoms with van der Waals surface area (Å²) >= 11 is 12.0. The third-order valence-corrected chi connectivity index (χ3v) is 5.35. The molecule has 10 heteroatoms. The number of hydrogen-bond donors (Lipinski definition) is 0. The van der Waals surface area contributed by atoms with E-state index < -0.39 is 0 Å². The minimum atomic E-state index is 0.338. The van der Waals surface area contributed by atoms with Crippen molar-refractivity contribution in [1.29, 1.82) is 0 Å². The van der Waals surface area contributed by atoms with Crippen LogP contribution in [0.4, 0.5) is 0 Å². The number of halogens is 2. The van der Waals surface area contributed by atoms with Gasteiger partial charge >= 0.3 is 0 Å². The molecule has 0 saturated carbocycles. The largest absolute Gasteiger partial charge is 0.473 e. The van der Waals surface area contributed by atoms with Crippen molar-refractivity contribution in [3.63, 3.8) is 0 Å². The smallest absolute Gasteiger partial charge is 0.237 e. The van der Waals surface area contributed by atoms with Gasteiger partial charge in [-0.25, -0.2) is 15.0 Å². The normalized spacial score (nSPS) is 11.2. The number of nitrogens with zero attached hydrogens (tertiary/aromatic N) is 7. The summed E-state index contributed by atoms with van der Waals surface area (Å²) in [5.74, 6) is 1.01. The molecule has 0 atom stereocenters. The van der Waals surface area contributed by atoms with Gasteiger partial charge in [0.05, 0.1) is 34.7 Å². The van der Waals surface area contributed by atoms with Crippen LogP contribution in [0.3, 0.4) is 0 Å². The number of aromatic nitrogens is 7. The summed E-state index contributed by atoms with van der Waals surface area (Å²) in [7, 11) is 0. The molecule has 0 aliphatic rings. The summed E-state index contributed by atoms with van der Waals surface area (Å²) in [6.45, 7) is 0.922. The average Bonchev–Trinajstić information content (AvgIpc) is 3.42. The Morgan fingerprint density at radius 2 is 1.81 bits per heavy atom. The van der Waals surface area contributed by atoms with Crippen LogP contribution in [0.25, 0.3) is 17.0 Å². The fraction of sp³-hybridized carbons (Fsp3) is 0.0952. The fourth-order valence-electron chi connectivity index (χ4n) is 3.13. The topological polar surface area (TPSA) is 83.0 Å². The molecule has 4 aromatic heterocycles. The Labute approximate surface area is 187 Å². The molecule has 0 radical (unpaired) electrons. The molecule has 0 amide bonds. The molecule has 0 aliphatic carbocycles. The number of rotatable bonds is 6. The zero-order valence-electron chi connectivity index (χ0n) is 16.1. The highest BCUT2D eigenvalue weighted by molar-refractivity contribution is 6.42. The summed E-state index contributed by atoms with van der Waals surface area (Å²) in [5.41, 5.74) is 3.65. The van der Waals surface area contributed by atoms with E-state index in [1.807, 2.05) is 33.6 Å². The molecule has 0 aliphatic heterocycles. The first-order valence-electron chi connectivity index (χ1n) is 9.33. The number of fused-ring (bicyclic) bond motifs is 1. The van der Waals surface area contributed by atoms with E-state index in [0.29, 0.717) is 34.9 Å². The highest BCUT2D eigenvalue weighted by Gasteiger charge is 2.09. The van der Waals surface area contributed by atoms with Gasteiger partial charge in [-0.3, -0.25) is 9.08 Å². The number of ether oxygens (including phenoxy) is 1. The van der Waals surface area contributed by atoms with Gasteiger partial charge in [-0.1, -0.05) is 29.3 Å². The van der Waals surface area contributed by atoms with Crippen molar-refractivity contribution < 1.29 is 4.74 Å². The predicted molar refractivity (Wildman–Crippen MR) is 116 cm³/mol. The van der Waals surface area contributed by atoms with Crippen LogP contribution in [0.1, 0.15) is 11.1 Å². The van der Waals surface area contributed by atoms with Crippen LogP contribution in [-0.2, 0) is 13.2 Å². The Bertz CT molecular complexity index is 1350. The molecule has 0 saturated heterocycles. The van der Waals surface area contributed by atoms with Crippen LogP contribution < -0.4 is 4.74 Å². The molecular formula is C21H15Cl2N7O. The fourth-order valence-corrected chi connectivity index (χ4v) is 3.45. The van der Waals surface area contributed by atoms with Gasteiger partial charge in [0, 0.05) is 42.0 Å². The van der Waals surface area contributed by atoms with E-state index >= 15 is 0 Å². The monoisotopic (exact) mass is 451 g/mol. The third-order valence-electron chi connectivity index (χ3n) is 4.61. The highest BCUT2D eigenvalue weighted by Crippen LogP contribution is 2.23. The van der Waals surface area contributed by atoms with Crippen LogP contribution in [0, 0.1) is 0 Å². The van der Waals surface area contributed by atoms with Crippen LogP contribution >= 0.6 is 23.2 Å². The van der Waals surface area contributed by atoms with E-state index in [9.17, 15) is 0 Å². The predicted octanol–water partition coefficient (Wildman–Crippen LogP) is 4.32. The van der Waals surface area contributed by atoms with Gasteiger partial charge in [0.2, 0.25) is 11.7 Å². The minimum absolute atomic E-state index is 0.338. The maximum absolute atomic E-state index is 6.08. The van der Waals surface area contributed by atoms with E-state index in [1.54, 1.807) is 36.9 Å². The molecule has 5 aromatic rings. The van der Waals surface area contributed by atoms with Crippen molar-refractivity contribution in [2.24, 2.45) is 0 Å². The minimum Gasteiger partial charge on any atom is -0.473 e. The van der Waals surface area contributed by atoms with E-state index in [4.69, 9.17) is 27.9 Å². The zero-order chi connectivity index (χ0) is 21.2. The Balaban J connectivity index is 1.26. The molecular weight excluding hydrogens is 437 g/mol. The number of hydrogen-bond acceptors (Lipinski definition) is 6. The summed E-state index contributed by atoms with van der Waals surface area (Å²) in [6.07, 6.45) is 12.2. The quantitative estimate of drug-likeness (QED) is 0.382. The van der Waals surface area contributed by atoms with Crippen LogP contribution in [0.5, 0.6) is 5.88 Å². The van der Waals surface area contributed by atoms with Crippen molar-refractivity contribution in [1.82, 2.24) is 34.1 Å². The summed E-state index contributed by atoms with van der Waals surface area (Å²) in [6, 6.07) is 7.33. The summed E-state index contributed by atoms with van der Waals surface area (Å²) in [5, 5.41) is 5.43. The van der Waals surface area contributed by atoms with Gasteiger partial charge in [-0.05, 0) is 17.7 Å². The molecule has 0 bridgehead atoms. The molecule has 0 fully saturated rings. The summed E-state index contributed by atoms with van der Waals surface area (Å²) in [4.78, 5) is 16.9. The second-order valence-electron chi connectivity index (χ2n) is 6.79. The first-order valence-corrected chi connectivity index (χ1v) is 10.1. The molecule has 5 rings (SSSR count). The molecule has 31 heavy (non-hydrogen) atoms. The highest BCUT2D eigenvalue weighted by atomic mass is 35.5. The van der Waals surface area contributed by atoms with Gasteiger partial charge in [0.1, 0.15) is 12.9 Å². The summed E-state index contributed by atoms with van der Waals surface area (Å²) < 4.78 is 9.51. The maximum atomic E-state index is 6.08. The lowest BCUT2D eigenvalue weighted by molar-refractivity contribution is 0.294. The Morgan fingerprint density at radius 3 is 2.65 bits per heavy atom. The molecule has 154 valence electrons. The van der Waals surface area contributed by atoms with Crippen molar-refractivity contribution in [2.75, 3.05) is 0 Å². The lowest BCUT2D eigenvalue weighted by atomic mass is 10.2. The number of benzene rings is 1. The van der Waals surface area contributed by atoms with Crippen LogP contribution in [0.15, 0.2) is 67.8 Å². The van der Waals surface area contributed by atoms with Crippen molar-refractivity contribution >= 4 is 29.0 Å². The van der Waals surface area contributed by atoms with Gasteiger partial charge in [0.25, 0.3) is 0 Å². The van der Waals surface area contributed by atoms with Crippen LogP contribution in [0.2, 0.25) is 10.0 Å². The zero-order valence-corrected chi connectivity index (χ0v) is 17.6. The number of imidazole rings is 1. The molecule has 1 aromatic carbocycles. The molecule has 0 spiro atoms. The Hall–Kier alpha value is -3.49. The van der Waals surface area contributed by atoms with E-state index in [0.717, 1.165) is 22.4 Å². The lowest BCUT2D eigenvalue weighted by Crippen LogP contribution is -2.01. The van der Waals surface area contributed by atoms with E-state index in [-0.39, 0.29) is 0 Å². The standard InChI is InChI=1S/C21H15Cl2N7O/c22-17-2-1-14(5-18(17)23)10-29-11-15(6-27-29)12-31-20-3-4-30-19(9-26-21(30)28-20)16-7-24-13-25-8-16/h1-9,11,13H,10,12H2. The first-order chi connectivity index (χ1) is 15.2. The maximum Gasteiger partial charge on any atom is 0.237 e. The average molecular weight is 452 g/mol. The van der Waals surface area contributed by atoms with Crippen molar-refractivity contribution in [3.8, 4) is 17.1 Å². The van der Waals surface area contributed by atoms with E-state index in [1.165, 1.54) is 6.33 Å². The SMILES string of the molecule is Clc1ccc(Cn2cc(COc3ccn4c(-c5cncnc5)cnc4n3)cn2)cc1Cl. The molecule has 0 N–H and O–H groups in total. The lowest BCUT2D eigenvalue weighted by Gasteiger charge is -2.05. The van der Waals surface area contributed by atoms with Gasteiger partial charge in [-0.2, -0.15) is 10.1 Å². The van der Waals surface area contributed by atoms with Gasteiger partial charge in [-0.15, -0.1) is 0 Å². The molecule has 0 unspecified atom stereocenters. The van der Waals surface area contributed by atoms with Crippen molar-refractivity contribution in [3.05, 3.63) is 88.9 Å². The van der Waals surface area contributed by atoms with Gasteiger partial charge < -0.3 is 4.74 Å². The van der Waals surface area contributed by atoms with Gasteiger partial charge in [0.15, 0.2) is 0 Å². The van der Waals surface area contributed by atoms with Crippen molar-refractivity contribution in [2.45, 2.75) is 13.2 Å². The van der Waals surface area contributed by atoms with E-state index in [2.05, 4.69) is 25.0 Å². The Kier molecular flexibility index (Phi) is 5.23. The third kappa shape index (κ3) is 4.21. The second-order valence-corrected chi connectivity index (χ2v) is 7.60. The molecule has 4 heterocycles. The van der Waals surface area contributed by atoms with Crippen LogP contribution in [-0.4, -0.2) is 34.1 Å².